The first-order valence-electron chi connectivity index (χ1n) is 5.21. The van der Waals surface area contributed by atoms with E-state index in [1.54, 1.807) is 24.5 Å². The highest BCUT2D eigenvalue weighted by Crippen LogP contribution is 2.04. The zero-order valence-electron chi connectivity index (χ0n) is 9.08. The Bertz CT molecular complexity index is 755. The normalized spacial score (nSPS) is 12.6. The second-order valence-corrected chi connectivity index (χ2v) is 4.52. The SMILES string of the molecule is CCc1nc2s/c(=C\c3ccco3)c(=O)n2n1. The molecule has 3 rings (SSSR count). The number of thiazole rings is 1. The molecule has 0 aromatic carbocycles. The summed E-state index contributed by atoms with van der Waals surface area (Å²) in [6.07, 6.45) is 4.00. The third-order valence-corrected chi connectivity index (χ3v) is 3.32. The molecule has 17 heavy (non-hydrogen) atoms. The fraction of sp³-hybridized carbons (Fsp3) is 0.182. The number of rotatable bonds is 2. The molecule has 6 heteroatoms. The van der Waals surface area contributed by atoms with Crippen molar-refractivity contribution in [2.24, 2.45) is 0 Å². The number of hydrogen-bond acceptors (Lipinski definition) is 5. The summed E-state index contributed by atoms with van der Waals surface area (Å²) < 4.78 is 7.10. The van der Waals surface area contributed by atoms with E-state index in [1.165, 1.54) is 15.9 Å². The van der Waals surface area contributed by atoms with E-state index in [2.05, 4.69) is 10.1 Å². The molecule has 0 atom stereocenters. The number of aromatic nitrogens is 3. The fourth-order valence-electron chi connectivity index (χ4n) is 1.53. The van der Waals surface area contributed by atoms with Gasteiger partial charge in [-0.25, -0.2) is 4.98 Å². The minimum Gasteiger partial charge on any atom is -0.465 e. The molecule has 0 amide bonds. The molecular formula is C11H9N3O2S. The van der Waals surface area contributed by atoms with Crippen LogP contribution in [0.5, 0.6) is 0 Å². The van der Waals surface area contributed by atoms with Crippen LogP contribution in [0.4, 0.5) is 0 Å². The first kappa shape index (κ1) is 10.2. The Labute approximate surface area is 100 Å². The van der Waals surface area contributed by atoms with Crippen LogP contribution in [0.2, 0.25) is 0 Å². The zero-order valence-corrected chi connectivity index (χ0v) is 9.90. The summed E-state index contributed by atoms with van der Waals surface area (Å²) >= 11 is 1.32. The highest BCUT2D eigenvalue weighted by atomic mass is 32.1. The second kappa shape index (κ2) is 3.81. The molecule has 0 aliphatic rings. The molecule has 0 aliphatic carbocycles. The summed E-state index contributed by atoms with van der Waals surface area (Å²) in [6.45, 7) is 1.96. The molecule has 0 aliphatic heterocycles. The van der Waals surface area contributed by atoms with E-state index >= 15 is 0 Å². The standard InChI is InChI=1S/C11H9N3O2S/c1-2-9-12-11-14(13-9)10(15)8(17-11)6-7-4-3-5-16-7/h3-6H,2H2,1H3/b8-6-. The van der Waals surface area contributed by atoms with Crippen LogP contribution in [0.3, 0.4) is 0 Å². The topological polar surface area (TPSA) is 60.4 Å². The maximum absolute atomic E-state index is 12.0. The summed E-state index contributed by atoms with van der Waals surface area (Å²) in [5, 5.41) is 4.13. The maximum Gasteiger partial charge on any atom is 0.291 e. The number of furan rings is 1. The Balaban J connectivity index is 2.22. The van der Waals surface area contributed by atoms with Crippen LogP contribution in [0, 0.1) is 0 Å². The number of nitrogens with zero attached hydrogens (tertiary/aromatic N) is 3. The van der Waals surface area contributed by atoms with Gasteiger partial charge in [-0.15, -0.1) is 5.10 Å². The number of aryl methyl sites for hydroxylation is 1. The molecule has 3 aromatic heterocycles. The smallest absolute Gasteiger partial charge is 0.291 e. The molecule has 0 N–H and O–H groups in total. The van der Waals surface area contributed by atoms with E-state index < -0.39 is 0 Å². The van der Waals surface area contributed by atoms with Crippen molar-refractivity contribution in [1.82, 2.24) is 14.6 Å². The molecule has 0 fully saturated rings. The lowest BCUT2D eigenvalue weighted by Crippen LogP contribution is -2.23. The lowest BCUT2D eigenvalue weighted by Gasteiger charge is -1.80. The molecule has 0 bridgehead atoms. The first-order chi connectivity index (χ1) is 8.28. The van der Waals surface area contributed by atoms with Gasteiger partial charge < -0.3 is 4.42 Å². The van der Waals surface area contributed by atoms with Crippen molar-refractivity contribution in [3.05, 3.63) is 44.9 Å². The Morgan fingerprint density at radius 2 is 2.47 bits per heavy atom. The summed E-state index contributed by atoms with van der Waals surface area (Å²) in [5.74, 6) is 1.35. The molecule has 0 saturated heterocycles. The summed E-state index contributed by atoms with van der Waals surface area (Å²) in [5.41, 5.74) is -0.145. The second-order valence-electron chi connectivity index (χ2n) is 3.51. The van der Waals surface area contributed by atoms with Crippen molar-refractivity contribution >= 4 is 22.4 Å². The summed E-state index contributed by atoms with van der Waals surface area (Å²) in [6, 6.07) is 3.58. The molecule has 0 saturated carbocycles. The van der Waals surface area contributed by atoms with Crippen molar-refractivity contribution in [2.75, 3.05) is 0 Å². The lowest BCUT2D eigenvalue weighted by atomic mass is 10.4. The lowest BCUT2D eigenvalue weighted by molar-refractivity contribution is 0.556. The molecule has 0 radical (unpaired) electrons. The van der Waals surface area contributed by atoms with Crippen LogP contribution in [-0.2, 0) is 6.42 Å². The predicted molar refractivity (Wildman–Crippen MR) is 64.0 cm³/mol. The van der Waals surface area contributed by atoms with Gasteiger partial charge in [0.05, 0.1) is 6.26 Å². The van der Waals surface area contributed by atoms with E-state index in [-0.39, 0.29) is 5.56 Å². The monoisotopic (exact) mass is 247 g/mol. The Morgan fingerprint density at radius 3 is 3.12 bits per heavy atom. The van der Waals surface area contributed by atoms with Gasteiger partial charge >= 0.3 is 0 Å². The Hall–Kier alpha value is -1.95. The third-order valence-electron chi connectivity index (χ3n) is 2.36. The highest BCUT2D eigenvalue weighted by Gasteiger charge is 2.09. The molecule has 0 spiro atoms. The predicted octanol–water partition coefficient (Wildman–Crippen LogP) is 0.854. The van der Waals surface area contributed by atoms with Gasteiger partial charge in [0.25, 0.3) is 5.56 Å². The third kappa shape index (κ3) is 1.66. The van der Waals surface area contributed by atoms with Gasteiger partial charge in [0.15, 0.2) is 5.82 Å². The average molecular weight is 247 g/mol. The van der Waals surface area contributed by atoms with Gasteiger partial charge in [0.2, 0.25) is 4.96 Å². The molecule has 3 heterocycles. The molecule has 5 nitrogen and oxygen atoms in total. The largest absolute Gasteiger partial charge is 0.465 e. The van der Waals surface area contributed by atoms with E-state index in [0.717, 1.165) is 6.42 Å². The first-order valence-corrected chi connectivity index (χ1v) is 6.03. The summed E-state index contributed by atoms with van der Waals surface area (Å²) in [7, 11) is 0. The van der Waals surface area contributed by atoms with Crippen LogP contribution < -0.4 is 10.1 Å². The van der Waals surface area contributed by atoms with E-state index in [9.17, 15) is 4.79 Å². The van der Waals surface area contributed by atoms with Gasteiger partial charge in [-0.2, -0.15) is 4.52 Å². The van der Waals surface area contributed by atoms with Crippen molar-refractivity contribution < 1.29 is 4.42 Å². The number of hydrogen-bond donors (Lipinski definition) is 0. The Kier molecular flexibility index (Phi) is 2.29. The van der Waals surface area contributed by atoms with Crippen LogP contribution >= 0.6 is 11.3 Å². The molecule has 0 unspecified atom stereocenters. The Morgan fingerprint density at radius 1 is 1.59 bits per heavy atom. The molecule has 3 aromatic rings. The minimum atomic E-state index is -0.145. The van der Waals surface area contributed by atoms with Gasteiger partial charge in [-0.3, -0.25) is 4.79 Å². The van der Waals surface area contributed by atoms with Crippen molar-refractivity contribution in [3.63, 3.8) is 0 Å². The van der Waals surface area contributed by atoms with Gasteiger partial charge in [0.1, 0.15) is 10.3 Å². The van der Waals surface area contributed by atoms with Crippen molar-refractivity contribution in [2.45, 2.75) is 13.3 Å². The van der Waals surface area contributed by atoms with Gasteiger partial charge in [-0.05, 0) is 12.1 Å². The van der Waals surface area contributed by atoms with Gasteiger partial charge in [-0.1, -0.05) is 18.3 Å². The zero-order chi connectivity index (χ0) is 11.8. The van der Waals surface area contributed by atoms with Crippen molar-refractivity contribution in [3.8, 4) is 0 Å². The average Bonchev–Trinajstić information content (AvgIpc) is 3.00. The van der Waals surface area contributed by atoms with Gasteiger partial charge in [0, 0.05) is 12.5 Å². The highest BCUT2D eigenvalue weighted by molar-refractivity contribution is 7.15. The summed E-state index contributed by atoms with van der Waals surface area (Å²) in [4.78, 5) is 16.9. The van der Waals surface area contributed by atoms with E-state index in [0.29, 0.717) is 21.1 Å². The molecule has 86 valence electrons. The fourth-order valence-corrected chi connectivity index (χ4v) is 2.43. The van der Waals surface area contributed by atoms with Crippen LogP contribution in [0.1, 0.15) is 18.5 Å². The van der Waals surface area contributed by atoms with E-state index in [4.69, 9.17) is 4.42 Å². The number of fused-ring (bicyclic) bond motifs is 1. The van der Waals surface area contributed by atoms with Crippen LogP contribution in [0.15, 0.2) is 27.6 Å². The maximum atomic E-state index is 12.0. The van der Waals surface area contributed by atoms with Crippen molar-refractivity contribution in [1.29, 1.82) is 0 Å². The van der Waals surface area contributed by atoms with Crippen LogP contribution in [-0.4, -0.2) is 14.6 Å². The minimum absolute atomic E-state index is 0.145. The van der Waals surface area contributed by atoms with E-state index in [1.807, 2.05) is 6.92 Å². The molecular weight excluding hydrogens is 238 g/mol. The van der Waals surface area contributed by atoms with Crippen LogP contribution in [0.25, 0.3) is 11.0 Å². The quantitative estimate of drug-likeness (QED) is 0.673.